The van der Waals surface area contributed by atoms with Gasteiger partial charge in [0, 0.05) is 28.5 Å². The van der Waals surface area contributed by atoms with Gasteiger partial charge in [-0.1, -0.05) is 23.2 Å². The van der Waals surface area contributed by atoms with E-state index in [1.165, 1.54) is 11.9 Å². The topological polar surface area (TPSA) is 61.6 Å². The van der Waals surface area contributed by atoms with Gasteiger partial charge in [-0.05, 0) is 67.3 Å². The number of nitrogens with zero attached hydrogens (tertiary/aromatic N) is 3. The summed E-state index contributed by atoms with van der Waals surface area (Å²) < 4.78 is 3.24. The van der Waals surface area contributed by atoms with Gasteiger partial charge in [0.25, 0.3) is 0 Å². The molecule has 1 N–H and O–H groups in total. The van der Waals surface area contributed by atoms with Crippen LogP contribution in [0.1, 0.15) is 16.8 Å². The van der Waals surface area contributed by atoms with Crippen LogP contribution in [0.15, 0.2) is 47.6 Å². The summed E-state index contributed by atoms with van der Waals surface area (Å²) in [5.74, 6) is 0. The average Bonchev–Trinajstić information content (AvgIpc) is 2.62. The van der Waals surface area contributed by atoms with Crippen LogP contribution in [0.5, 0.6) is 0 Å². The van der Waals surface area contributed by atoms with Crippen molar-refractivity contribution in [1.82, 2.24) is 9.97 Å². The number of halogens is 2. The maximum absolute atomic E-state index is 8.93. The summed E-state index contributed by atoms with van der Waals surface area (Å²) in [6.07, 6.45) is 3.54. The van der Waals surface area contributed by atoms with Gasteiger partial charge >= 0.3 is 0 Å². The minimum Gasteiger partial charge on any atom is -0.323 e. The van der Waals surface area contributed by atoms with Crippen molar-refractivity contribution in [2.24, 2.45) is 0 Å². The number of rotatable bonds is 4. The Bertz CT molecular complexity index is 1010. The Kier molecular flexibility index (Phi) is 5.67. The van der Waals surface area contributed by atoms with Crippen LogP contribution in [0.25, 0.3) is 11.1 Å². The minimum atomic E-state index is 0.384. The van der Waals surface area contributed by atoms with Crippen LogP contribution in [-0.4, -0.2) is 9.97 Å². The van der Waals surface area contributed by atoms with Gasteiger partial charge in [0.2, 0.25) is 0 Å². The van der Waals surface area contributed by atoms with E-state index in [0.29, 0.717) is 15.7 Å². The lowest BCUT2D eigenvalue weighted by Gasteiger charge is -2.14. The molecule has 1 aromatic carbocycles. The van der Waals surface area contributed by atoms with Gasteiger partial charge in [-0.15, -0.1) is 0 Å². The highest BCUT2D eigenvalue weighted by molar-refractivity contribution is 8.00. The number of pyridine rings is 2. The van der Waals surface area contributed by atoms with E-state index in [4.69, 9.17) is 28.5 Å². The molecule has 2 heterocycles. The third-order valence-corrected chi connectivity index (χ3v) is 5.42. The highest BCUT2D eigenvalue weighted by Gasteiger charge is 2.13. The van der Waals surface area contributed by atoms with E-state index in [0.717, 1.165) is 33.0 Å². The van der Waals surface area contributed by atoms with Crippen LogP contribution in [0.4, 0.5) is 5.69 Å². The summed E-state index contributed by atoms with van der Waals surface area (Å²) >= 11 is 13.9. The molecule has 4 nitrogen and oxygen atoms in total. The summed E-state index contributed by atoms with van der Waals surface area (Å²) in [6, 6.07) is 11.2. The van der Waals surface area contributed by atoms with Crippen molar-refractivity contribution in [3.05, 3.63) is 69.7 Å². The summed E-state index contributed by atoms with van der Waals surface area (Å²) in [7, 11) is 0. The summed E-state index contributed by atoms with van der Waals surface area (Å²) in [4.78, 5) is 9.33. The van der Waals surface area contributed by atoms with E-state index in [-0.39, 0.29) is 0 Å². The molecule has 0 saturated heterocycles. The van der Waals surface area contributed by atoms with Crippen molar-refractivity contribution in [1.29, 1.82) is 5.26 Å². The van der Waals surface area contributed by atoms with Gasteiger partial charge in [-0.2, -0.15) is 5.26 Å². The predicted molar refractivity (Wildman–Crippen MR) is 108 cm³/mol. The number of anilines is 1. The van der Waals surface area contributed by atoms with E-state index in [1.54, 1.807) is 30.6 Å². The number of nitrogens with one attached hydrogen (secondary N) is 1. The van der Waals surface area contributed by atoms with Crippen LogP contribution < -0.4 is 4.72 Å². The van der Waals surface area contributed by atoms with Crippen LogP contribution in [0.2, 0.25) is 10.2 Å². The van der Waals surface area contributed by atoms with E-state index in [9.17, 15) is 0 Å². The van der Waals surface area contributed by atoms with Gasteiger partial charge in [-0.3, -0.25) is 4.98 Å². The zero-order valence-electron chi connectivity index (χ0n) is 14.0. The third-order valence-electron chi connectivity index (χ3n) is 3.82. The Balaban J connectivity index is 1.91. The molecule has 7 heteroatoms. The number of benzene rings is 1. The minimum absolute atomic E-state index is 0.384. The number of hydrogen-bond donors (Lipinski definition) is 1. The van der Waals surface area contributed by atoms with Crippen LogP contribution >= 0.6 is 35.1 Å². The van der Waals surface area contributed by atoms with Crippen LogP contribution in [0, 0.1) is 25.2 Å². The molecule has 0 saturated carbocycles. The molecule has 3 aromatic rings. The zero-order valence-corrected chi connectivity index (χ0v) is 16.4. The Morgan fingerprint density at radius 3 is 2.62 bits per heavy atom. The number of aryl methyl sites for hydroxylation is 1. The van der Waals surface area contributed by atoms with Crippen molar-refractivity contribution in [2.75, 3.05) is 4.72 Å². The second kappa shape index (κ2) is 7.96. The van der Waals surface area contributed by atoms with Gasteiger partial charge in [0.1, 0.15) is 0 Å². The van der Waals surface area contributed by atoms with E-state index >= 15 is 0 Å². The molecule has 0 aliphatic carbocycles. The Hall–Kier alpha value is -2.26. The fourth-order valence-electron chi connectivity index (χ4n) is 2.45. The number of nitriles is 1. The highest BCUT2D eigenvalue weighted by atomic mass is 35.5. The van der Waals surface area contributed by atoms with Crippen molar-refractivity contribution >= 4 is 40.8 Å². The maximum atomic E-state index is 8.93. The SMILES string of the molecule is Cc1cc(-c2cnc(Cl)c(NSc3ccc(C#N)cc3Cl)c2C)ccn1. The third kappa shape index (κ3) is 3.94. The first-order chi connectivity index (χ1) is 12.5. The van der Waals surface area contributed by atoms with Crippen molar-refractivity contribution in [3.63, 3.8) is 0 Å². The normalized spacial score (nSPS) is 10.4. The molecule has 3 rings (SSSR count). The molecule has 2 aromatic heterocycles. The molecule has 0 atom stereocenters. The second-order valence-electron chi connectivity index (χ2n) is 5.61. The van der Waals surface area contributed by atoms with Crippen LogP contribution in [-0.2, 0) is 0 Å². The second-order valence-corrected chi connectivity index (χ2v) is 7.22. The van der Waals surface area contributed by atoms with Gasteiger partial charge in [0.05, 0.1) is 22.3 Å². The summed E-state index contributed by atoms with van der Waals surface area (Å²) in [6.45, 7) is 3.94. The standard InChI is InChI=1S/C19H14Cl2N4S/c1-11-7-14(5-6-23-11)15-10-24-19(21)18(12(15)2)25-26-17-4-3-13(9-22)8-16(17)20/h3-8,10,25H,1-2H3. The Labute approximate surface area is 166 Å². The van der Waals surface area contributed by atoms with Gasteiger partial charge in [0.15, 0.2) is 5.15 Å². The first kappa shape index (κ1) is 18.5. The fourth-order valence-corrected chi connectivity index (χ4v) is 3.80. The summed E-state index contributed by atoms with van der Waals surface area (Å²) in [5.41, 5.74) is 5.17. The maximum Gasteiger partial charge on any atom is 0.153 e. The lowest BCUT2D eigenvalue weighted by molar-refractivity contribution is 1.20. The van der Waals surface area contributed by atoms with Crippen molar-refractivity contribution < 1.29 is 0 Å². The molecular formula is C19H14Cl2N4S. The summed E-state index contributed by atoms with van der Waals surface area (Å²) in [5, 5.41) is 9.82. The molecule has 0 radical (unpaired) electrons. The molecular weight excluding hydrogens is 387 g/mol. The molecule has 26 heavy (non-hydrogen) atoms. The van der Waals surface area contributed by atoms with Crippen LogP contribution in [0.3, 0.4) is 0 Å². The van der Waals surface area contributed by atoms with Gasteiger partial charge in [-0.25, -0.2) is 4.98 Å². The smallest absolute Gasteiger partial charge is 0.153 e. The molecule has 0 aliphatic heterocycles. The Morgan fingerprint density at radius 1 is 1.12 bits per heavy atom. The van der Waals surface area contributed by atoms with E-state index in [1.807, 2.05) is 26.0 Å². The molecule has 0 aliphatic rings. The zero-order chi connectivity index (χ0) is 18.7. The lowest BCUT2D eigenvalue weighted by atomic mass is 10.0. The van der Waals surface area contributed by atoms with E-state index in [2.05, 4.69) is 20.8 Å². The lowest BCUT2D eigenvalue weighted by Crippen LogP contribution is -1.97. The first-order valence-corrected chi connectivity index (χ1v) is 9.27. The monoisotopic (exact) mass is 400 g/mol. The largest absolute Gasteiger partial charge is 0.323 e. The van der Waals surface area contributed by atoms with Gasteiger partial charge < -0.3 is 4.72 Å². The fraction of sp³-hybridized carbons (Fsp3) is 0.105. The number of aromatic nitrogens is 2. The van der Waals surface area contributed by atoms with E-state index < -0.39 is 0 Å². The van der Waals surface area contributed by atoms with Crippen molar-refractivity contribution in [3.8, 4) is 17.2 Å². The number of hydrogen-bond acceptors (Lipinski definition) is 5. The predicted octanol–water partition coefficient (Wildman–Crippen LogP) is 6.06. The molecule has 130 valence electrons. The molecule has 0 spiro atoms. The molecule has 0 bridgehead atoms. The molecule has 0 fully saturated rings. The highest BCUT2D eigenvalue weighted by Crippen LogP contribution is 2.36. The first-order valence-electron chi connectivity index (χ1n) is 7.70. The quantitative estimate of drug-likeness (QED) is 0.425. The van der Waals surface area contributed by atoms with Crippen molar-refractivity contribution in [2.45, 2.75) is 18.7 Å². The Morgan fingerprint density at radius 2 is 1.92 bits per heavy atom. The average molecular weight is 401 g/mol. The molecule has 0 amide bonds. The molecule has 0 unspecified atom stereocenters.